The van der Waals surface area contributed by atoms with Crippen LogP contribution in [0.3, 0.4) is 0 Å². The van der Waals surface area contributed by atoms with Gasteiger partial charge in [0.15, 0.2) is 0 Å². The van der Waals surface area contributed by atoms with Gasteiger partial charge >= 0.3 is 0 Å². The number of amides is 2. The largest absolute Gasteiger partial charge is 0.359 e. The van der Waals surface area contributed by atoms with Gasteiger partial charge in [0.2, 0.25) is 5.91 Å². The van der Waals surface area contributed by atoms with Crippen molar-refractivity contribution in [1.82, 2.24) is 24.6 Å². The number of rotatable bonds is 3. The molecule has 1 aliphatic carbocycles. The molecule has 1 saturated carbocycles. The molecule has 3 aliphatic heterocycles. The minimum Gasteiger partial charge on any atom is -0.359 e. The van der Waals surface area contributed by atoms with Gasteiger partial charge in [0, 0.05) is 68.0 Å². The van der Waals surface area contributed by atoms with Gasteiger partial charge in [0.05, 0.1) is 5.54 Å². The van der Waals surface area contributed by atoms with Crippen LogP contribution in [0.15, 0.2) is 24.3 Å². The maximum Gasteiger partial charge on any atom is 0.254 e. The summed E-state index contributed by atoms with van der Waals surface area (Å²) < 4.78 is 0. The molecule has 0 unspecified atom stereocenters. The van der Waals surface area contributed by atoms with Crippen molar-refractivity contribution in [2.75, 3.05) is 52.9 Å². The predicted molar refractivity (Wildman–Crippen MR) is 124 cm³/mol. The van der Waals surface area contributed by atoms with Gasteiger partial charge in [0.1, 0.15) is 5.54 Å². The minimum atomic E-state index is -0.256. The molecule has 6 rings (SSSR count). The van der Waals surface area contributed by atoms with E-state index in [2.05, 4.69) is 32.8 Å². The molecule has 2 amide bonds. The molecule has 7 heteroatoms. The van der Waals surface area contributed by atoms with Crippen LogP contribution in [-0.4, -0.2) is 100 Å². The number of hydrogen-bond acceptors (Lipinski definition) is 4. The summed E-state index contributed by atoms with van der Waals surface area (Å²) in [4.78, 5) is 39.1. The lowest BCUT2D eigenvalue weighted by atomic mass is 9.85. The molecule has 0 bridgehead atoms. The van der Waals surface area contributed by atoms with E-state index in [1.54, 1.807) is 0 Å². The summed E-state index contributed by atoms with van der Waals surface area (Å²) in [6, 6.07) is 8.02. The van der Waals surface area contributed by atoms with Crippen molar-refractivity contribution >= 4 is 22.7 Å². The average Bonchev–Trinajstić information content (AvgIpc) is 3.30. The molecule has 3 saturated heterocycles. The number of aromatic amines is 1. The first kappa shape index (κ1) is 20.2. The molecule has 2 aromatic rings. The van der Waals surface area contributed by atoms with E-state index in [0.29, 0.717) is 19.0 Å². The van der Waals surface area contributed by atoms with Crippen molar-refractivity contribution in [2.45, 2.75) is 43.7 Å². The second-order valence-electron chi connectivity index (χ2n) is 10.5. The number of carbonyl (C=O) groups excluding carboxylic acids is 2. The van der Waals surface area contributed by atoms with Crippen molar-refractivity contribution in [3.8, 4) is 0 Å². The van der Waals surface area contributed by atoms with E-state index < -0.39 is 0 Å². The fourth-order valence-corrected chi connectivity index (χ4v) is 6.27. The number of piperazine rings is 1. The molecule has 170 valence electrons. The topological polar surface area (TPSA) is 62.9 Å². The monoisotopic (exact) mass is 435 g/mol. The van der Waals surface area contributed by atoms with Gasteiger partial charge in [-0.15, -0.1) is 0 Å². The number of nitrogens with zero attached hydrogens (tertiary/aromatic N) is 4. The summed E-state index contributed by atoms with van der Waals surface area (Å²) in [6.07, 6.45) is 3.98. The van der Waals surface area contributed by atoms with E-state index in [1.807, 2.05) is 30.0 Å². The number of H-pyrrole nitrogens is 1. The molecular formula is C25H33N5O2. The van der Waals surface area contributed by atoms with E-state index in [-0.39, 0.29) is 17.0 Å². The van der Waals surface area contributed by atoms with Gasteiger partial charge in [-0.1, -0.05) is 0 Å². The normalized spacial score (nSPS) is 24.8. The van der Waals surface area contributed by atoms with E-state index in [0.717, 1.165) is 80.6 Å². The summed E-state index contributed by atoms with van der Waals surface area (Å²) in [6.45, 7) is 8.23. The molecular weight excluding hydrogens is 402 g/mol. The second-order valence-corrected chi connectivity index (χ2v) is 10.5. The molecule has 4 heterocycles. The molecule has 0 radical (unpaired) electrons. The van der Waals surface area contributed by atoms with Crippen molar-refractivity contribution in [1.29, 1.82) is 0 Å². The zero-order valence-electron chi connectivity index (χ0n) is 19.2. The van der Waals surface area contributed by atoms with Gasteiger partial charge in [0.25, 0.3) is 5.91 Å². The molecule has 4 fully saturated rings. The molecule has 1 aromatic heterocycles. The van der Waals surface area contributed by atoms with Crippen LogP contribution >= 0.6 is 0 Å². The van der Waals surface area contributed by atoms with E-state index in [9.17, 15) is 9.59 Å². The molecule has 0 atom stereocenters. The third kappa shape index (κ3) is 3.01. The van der Waals surface area contributed by atoms with Crippen LogP contribution in [0.5, 0.6) is 0 Å². The minimum absolute atomic E-state index is 0.107. The number of hydrogen-bond donors (Lipinski definition) is 1. The quantitative estimate of drug-likeness (QED) is 0.802. The lowest BCUT2D eigenvalue weighted by Crippen LogP contribution is -2.72. The Balaban J connectivity index is 1.16. The van der Waals surface area contributed by atoms with Crippen molar-refractivity contribution < 1.29 is 9.59 Å². The summed E-state index contributed by atoms with van der Waals surface area (Å²) in [7, 11) is 2.15. The average molecular weight is 436 g/mol. The highest BCUT2D eigenvalue weighted by molar-refractivity contribution is 5.99. The first-order valence-corrected chi connectivity index (χ1v) is 12.0. The zero-order chi connectivity index (χ0) is 22.1. The third-order valence-corrected chi connectivity index (χ3v) is 8.33. The Morgan fingerprint density at radius 3 is 2.44 bits per heavy atom. The summed E-state index contributed by atoms with van der Waals surface area (Å²) >= 11 is 0. The number of nitrogens with one attached hydrogen (secondary N) is 1. The smallest absolute Gasteiger partial charge is 0.254 e. The zero-order valence-corrected chi connectivity index (χ0v) is 19.2. The molecule has 1 spiro atoms. The Labute approximate surface area is 189 Å². The number of fused-ring (bicyclic) bond motifs is 1. The first-order valence-electron chi connectivity index (χ1n) is 12.0. The van der Waals surface area contributed by atoms with Crippen LogP contribution in [0.4, 0.5) is 0 Å². The maximum absolute atomic E-state index is 13.5. The molecule has 1 N–H and O–H groups in total. The lowest BCUT2D eigenvalue weighted by Gasteiger charge is -2.54. The number of aromatic nitrogens is 1. The standard InChI is InChI=1S/C25H33N5O2/c1-18-14-20-15-19(4-5-21(20)26-18)22(31)30-9-3-6-24(30)16-28(17-24)23(32)25(7-8-25)29-12-10-27(2)11-13-29/h4-5,14-15,26H,3,6-13,16-17H2,1-2H3. The van der Waals surface area contributed by atoms with Gasteiger partial charge in [-0.05, 0) is 63.9 Å². The molecule has 7 nitrogen and oxygen atoms in total. The van der Waals surface area contributed by atoms with Gasteiger partial charge in [-0.25, -0.2) is 0 Å². The van der Waals surface area contributed by atoms with Crippen molar-refractivity contribution in [3.05, 3.63) is 35.5 Å². The number of likely N-dealkylation sites (N-methyl/N-ethyl adjacent to an activating group) is 1. The number of likely N-dealkylation sites (tertiary alicyclic amines) is 2. The van der Waals surface area contributed by atoms with Crippen LogP contribution < -0.4 is 0 Å². The summed E-state index contributed by atoms with van der Waals surface area (Å²) in [5, 5.41) is 1.08. The predicted octanol–water partition coefficient (Wildman–Crippen LogP) is 2.07. The maximum atomic E-state index is 13.5. The van der Waals surface area contributed by atoms with Gasteiger partial charge in [-0.3, -0.25) is 14.5 Å². The molecule has 32 heavy (non-hydrogen) atoms. The Bertz CT molecular complexity index is 1070. The molecule has 4 aliphatic rings. The number of carbonyl (C=O) groups is 2. The van der Waals surface area contributed by atoms with Crippen molar-refractivity contribution in [3.63, 3.8) is 0 Å². The summed E-state index contributed by atoms with van der Waals surface area (Å²) in [5.41, 5.74) is 2.49. The van der Waals surface area contributed by atoms with Crippen molar-refractivity contribution in [2.24, 2.45) is 0 Å². The van der Waals surface area contributed by atoms with Crippen LogP contribution in [0, 0.1) is 6.92 Å². The highest BCUT2D eigenvalue weighted by Gasteiger charge is 2.61. The lowest BCUT2D eigenvalue weighted by molar-refractivity contribution is -0.151. The highest BCUT2D eigenvalue weighted by atomic mass is 16.2. The van der Waals surface area contributed by atoms with Crippen LogP contribution in [0.2, 0.25) is 0 Å². The number of aryl methyl sites for hydroxylation is 1. The van der Waals surface area contributed by atoms with E-state index in [1.165, 1.54) is 0 Å². The summed E-state index contributed by atoms with van der Waals surface area (Å²) in [5.74, 6) is 0.409. The van der Waals surface area contributed by atoms with Crippen LogP contribution in [0.1, 0.15) is 41.7 Å². The van der Waals surface area contributed by atoms with Gasteiger partial charge in [-0.2, -0.15) is 0 Å². The van der Waals surface area contributed by atoms with Crippen LogP contribution in [0.25, 0.3) is 10.9 Å². The fraction of sp³-hybridized carbons (Fsp3) is 0.600. The second kappa shape index (κ2) is 7.06. The van der Waals surface area contributed by atoms with Gasteiger partial charge < -0.3 is 19.7 Å². The Morgan fingerprint density at radius 2 is 1.72 bits per heavy atom. The first-order chi connectivity index (χ1) is 15.4. The Kier molecular flexibility index (Phi) is 4.46. The van der Waals surface area contributed by atoms with E-state index >= 15 is 0 Å². The highest BCUT2D eigenvalue weighted by Crippen LogP contribution is 2.47. The number of benzene rings is 1. The molecule has 1 aromatic carbocycles. The van der Waals surface area contributed by atoms with Crippen LogP contribution in [-0.2, 0) is 4.79 Å². The Morgan fingerprint density at radius 1 is 0.969 bits per heavy atom. The Hall–Kier alpha value is -2.38. The SMILES string of the molecule is Cc1cc2cc(C(=O)N3CCCC34CN(C(=O)C3(N5CCN(C)CC5)CC3)C4)ccc2[nH]1. The van der Waals surface area contributed by atoms with E-state index in [4.69, 9.17) is 0 Å². The third-order valence-electron chi connectivity index (χ3n) is 8.33. The fourth-order valence-electron chi connectivity index (χ4n) is 6.27.